The number of pyridine rings is 1. The number of aryl methyl sites for hydroxylation is 2. The van der Waals surface area contributed by atoms with Crippen molar-refractivity contribution in [2.75, 3.05) is 18.4 Å². The van der Waals surface area contributed by atoms with E-state index in [9.17, 15) is 4.79 Å². The lowest BCUT2D eigenvalue weighted by Gasteiger charge is -2.33. The summed E-state index contributed by atoms with van der Waals surface area (Å²) in [6.45, 7) is 6.62. The number of carbonyl (C=O) groups excluding carboxylic acids is 1. The van der Waals surface area contributed by atoms with E-state index in [1.165, 1.54) is 35.7 Å². The third-order valence-electron chi connectivity index (χ3n) is 5.15. The molecule has 1 amide bonds. The van der Waals surface area contributed by atoms with Crippen molar-refractivity contribution in [3.8, 4) is 0 Å². The second-order valence-electron chi connectivity index (χ2n) is 7.40. The van der Waals surface area contributed by atoms with Crippen LogP contribution in [0.3, 0.4) is 0 Å². The van der Waals surface area contributed by atoms with Gasteiger partial charge in [-0.15, -0.1) is 11.3 Å². The molecule has 3 aromatic rings. The third-order valence-corrected chi connectivity index (χ3v) is 6.04. The lowest BCUT2D eigenvalue weighted by Crippen LogP contribution is -2.33. The first-order valence-electron chi connectivity index (χ1n) is 9.37. The molecule has 142 valence electrons. The Kier molecular flexibility index (Phi) is 4.97. The first kappa shape index (κ1) is 18.1. The Labute approximate surface area is 163 Å². The van der Waals surface area contributed by atoms with Gasteiger partial charge < -0.3 is 9.88 Å². The monoisotopic (exact) mass is 383 g/mol. The Bertz CT molecular complexity index is 976. The second kappa shape index (κ2) is 7.40. The van der Waals surface area contributed by atoms with Gasteiger partial charge >= 0.3 is 0 Å². The minimum Gasteiger partial charge on any atom is -0.349 e. The molecule has 1 aliphatic heterocycles. The standard InChI is InChI=1S/C20H25N5OS/c1-13-9-17(19-18(22-13)6-8-24(19)3)15-5-4-7-25(11-15)12-16-10-21-20(27-16)23-14(2)26/h6,8-10,15H,4-5,7,11-12H2,1-3H3,(H,21,23,26). The number of nitrogens with zero attached hydrogens (tertiary/aromatic N) is 4. The number of thiazole rings is 1. The Balaban J connectivity index is 1.53. The maximum Gasteiger partial charge on any atom is 0.223 e. The van der Waals surface area contributed by atoms with Crippen LogP contribution in [0.15, 0.2) is 24.5 Å². The van der Waals surface area contributed by atoms with E-state index in [2.05, 4.69) is 57.1 Å². The molecular weight excluding hydrogens is 358 g/mol. The van der Waals surface area contributed by atoms with E-state index in [4.69, 9.17) is 0 Å². The molecule has 1 atom stereocenters. The summed E-state index contributed by atoms with van der Waals surface area (Å²) >= 11 is 1.56. The van der Waals surface area contributed by atoms with Gasteiger partial charge in [-0.2, -0.15) is 0 Å². The Hall–Kier alpha value is -2.25. The molecule has 7 heteroatoms. The van der Waals surface area contributed by atoms with Gasteiger partial charge in [-0.25, -0.2) is 4.98 Å². The molecule has 27 heavy (non-hydrogen) atoms. The van der Waals surface area contributed by atoms with Gasteiger partial charge in [0, 0.05) is 50.0 Å². The van der Waals surface area contributed by atoms with Crippen LogP contribution in [0.2, 0.25) is 0 Å². The quantitative estimate of drug-likeness (QED) is 0.747. The highest BCUT2D eigenvalue weighted by Crippen LogP contribution is 2.33. The van der Waals surface area contributed by atoms with Crippen LogP contribution in [0, 0.1) is 6.92 Å². The van der Waals surface area contributed by atoms with E-state index >= 15 is 0 Å². The van der Waals surface area contributed by atoms with E-state index in [1.807, 2.05) is 6.20 Å². The average molecular weight is 384 g/mol. The number of hydrogen-bond donors (Lipinski definition) is 1. The molecule has 1 N–H and O–H groups in total. The average Bonchev–Trinajstić information content (AvgIpc) is 3.20. The van der Waals surface area contributed by atoms with E-state index in [0.29, 0.717) is 11.0 Å². The largest absolute Gasteiger partial charge is 0.349 e. The molecular formula is C20H25N5OS. The molecule has 1 saturated heterocycles. The molecule has 4 rings (SSSR count). The summed E-state index contributed by atoms with van der Waals surface area (Å²) < 4.78 is 2.19. The van der Waals surface area contributed by atoms with Crippen LogP contribution < -0.4 is 5.32 Å². The van der Waals surface area contributed by atoms with Crippen molar-refractivity contribution in [1.29, 1.82) is 0 Å². The van der Waals surface area contributed by atoms with Crippen molar-refractivity contribution in [2.24, 2.45) is 7.05 Å². The summed E-state index contributed by atoms with van der Waals surface area (Å²) in [5.41, 5.74) is 4.85. The summed E-state index contributed by atoms with van der Waals surface area (Å²) in [4.78, 5) is 23.9. The van der Waals surface area contributed by atoms with Gasteiger partial charge in [0.2, 0.25) is 5.91 Å². The number of piperidine rings is 1. The number of amides is 1. The normalized spacial score (nSPS) is 18.1. The first-order valence-corrected chi connectivity index (χ1v) is 10.2. The summed E-state index contributed by atoms with van der Waals surface area (Å²) in [6, 6.07) is 4.37. The summed E-state index contributed by atoms with van der Waals surface area (Å²) in [6.07, 6.45) is 6.38. The number of fused-ring (bicyclic) bond motifs is 1. The smallest absolute Gasteiger partial charge is 0.223 e. The molecule has 0 spiro atoms. The zero-order valence-electron chi connectivity index (χ0n) is 16.0. The van der Waals surface area contributed by atoms with E-state index < -0.39 is 0 Å². The van der Waals surface area contributed by atoms with Crippen molar-refractivity contribution in [2.45, 2.75) is 39.2 Å². The van der Waals surface area contributed by atoms with Gasteiger partial charge in [-0.1, -0.05) is 0 Å². The van der Waals surface area contributed by atoms with Gasteiger partial charge in [-0.05, 0) is 49.9 Å². The summed E-state index contributed by atoms with van der Waals surface area (Å²) in [7, 11) is 2.10. The highest BCUT2D eigenvalue weighted by Gasteiger charge is 2.25. The molecule has 1 aliphatic rings. The highest BCUT2D eigenvalue weighted by atomic mass is 32.1. The zero-order chi connectivity index (χ0) is 19.0. The molecule has 6 nitrogen and oxygen atoms in total. The van der Waals surface area contributed by atoms with Crippen molar-refractivity contribution in [1.82, 2.24) is 19.4 Å². The summed E-state index contributed by atoms with van der Waals surface area (Å²) in [5, 5.41) is 3.45. The summed E-state index contributed by atoms with van der Waals surface area (Å²) in [5.74, 6) is 0.438. The van der Waals surface area contributed by atoms with Crippen LogP contribution >= 0.6 is 11.3 Å². The third kappa shape index (κ3) is 3.89. The lowest BCUT2D eigenvalue weighted by atomic mass is 9.89. The molecule has 0 aliphatic carbocycles. The van der Waals surface area contributed by atoms with Crippen molar-refractivity contribution in [3.63, 3.8) is 0 Å². The second-order valence-corrected chi connectivity index (χ2v) is 8.52. The molecule has 0 bridgehead atoms. The zero-order valence-corrected chi connectivity index (χ0v) is 16.8. The van der Waals surface area contributed by atoms with E-state index in [1.54, 1.807) is 11.3 Å². The maximum atomic E-state index is 11.2. The fraction of sp³-hybridized carbons (Fsp3) is 0.450. The van der Waals surface area contributed by atoms with Crippen LogP contribution in [0.1, 0.15) is 41.8 Å². The van der Waals surface area contributed by atoms with Crippen LogP contribution in [-0.2, 0) is 18.4 Å². The van der Waals surface area contributed by atoms with Gasteiger partial charge in [0.1, 0.15) is 0 Å². The van der Waals surface area contributed by atoms with Crippen molar-refractivity contribution >= 4 is 33.4 Å². The number of hydrogen-bond acceptors (Lipinski definition) is 5. The van der Waals surface area contributed by atoms with E-state index in [0.717, 1.165) is 30.8 Å². The molecule has 3 aromatic heterocycles. The van der Waals surface area contributed by atoms with Crippen molar-refractivity contribution in [3.05, 3.63) is 40.7 Å². The number of carbonyl (C=O) groups is 1. The van der Waals surface area contributed by atoms with Crippen molar-refractivity contribution < 1.29 is 4.79 Å². The predicted octanol–water partition coefficient (Wildman–Crippen LogP) is 3.68. The van der Waals surface area contributed by atoms with Gasteiger partial charge in [0.15, 0.2) is 5.13 Å². The Morgan fingerprint density at radius 1 is 1.44 bits per heavy atom. The fourth-order valence-electron chi connectivity index (χ4n) is 4.05. The topological polar surface area (TPSA) is 63.1 Å². The first-order chi connectivity index (χ1) is 13.0. The SMILES string of the molecule is CC(=O)Nc1ncc(CN2CCCC(c3cc(C)nc4ccn(C)c34)C2)s1. The Morgan fingerprint density at radius 2 is 2.30 bits per heavy atom. The van der Waals surface area contributed by atoms with Crippen LogP contribution in [-0.4, -0.2) is 38.4 Å². The predicted molar refractivity (Wildman–Crippen MR) is 109 cm³/mol. The number of rotatable bonds is 4. The molecule has 4 heterocycles. The van der Waals surface area contributed by atoms with Crippen LogP contribution in [0.25, 0.3) is 11.0 Å². The molecule has 0 radical (unpaired) electrons. The molecule has 0 aromatic carbocycles. The van der Waals surface area contributed by atoms with Gasteiger partial charge in [-0.3, -0.25) is 14.7 Å². The molecule has 1 fully saturated rings. The minimum atomic E-state index is -0.0754. The Morgan fingerprint density at radius 3 is 3.11 bits per heavy atom. The number of likely N-dealkylation sites (tertiary alicyclic amines) is 1. The van der Waals surface area contributed by atoms with Crippen LogP contribution in [0.4, 0.5) is 5.13 Å². The van der Waals surface area contributed by atoms with Gasteiger partial charge in [0.05, 0.1) is 11.0 Å². The van der Waals surface area contributed by atoms with Crippen LogP contribution in [0.5, 0.6) is 0 Å². The molecule has 0 saturated carbocycles. The fourth-order valence-corrected chi connectivity index (χ4v) is 4.95. The number of nitrogens with one attached hydrogen (secondary N) is 1. The minimum absolute atomic E-state index is 0.0754. The molecule has 1 unspecified atom stereocenters. The maximum absolute atomic E-state index is 11.2. The van der Waals surface area contributed by atoms with E-state index in [-0.39, 0.29) is 5.91 Å². The number of anilines is 1. The lowest BCUT2D eigenvalue weighted by molar-refractivity contribution is -0.114. The van der Waals surface area contributed by atoms with Gasteiger partial charge in [0.25, 0.3) is 0 Å². The highest BCUT2D eigenvalue weighted by molar-refractivity contribution is 7.15. The number of aromatic nitrogens is 3.